The molecule has 0 aliphatic heterocycles. The van der Waals surface area contributed by atoms with Crippen LogP contribution in [0.15, 0.2) is 24.3 Å². The number of ether oxygens (including phenoxy) is 1. The SMILES string of the molecule is COc1ccccc1Nc1nc(N)nc(C[NH+](C)C2CCCCC2)n1. The molecule has 1 aliphatic rings. The number of quaternary nitrogens is 1. The van der Waals surface area contributed by atoms with Gasteiger partial charge in [-0.15, -0.1) is 0 Å². The molecule has 0 spiro atoms. The van der Waals surface area contributed by atoms with Gasteiger partial charge in [0.15, 0.2) is 5.82 Å². The number of nitrogens with two attached hydrogens (primary N) is 1. The summed E-state index contributed by atoms with van der Waals surface area (Å²) < 4.78 is 5.35. The molecule has 1 aromatic heterocycles. The molecule has 4 N–H and O–H groups in total. The van der Waals surface area contributed by atoms with Crippen LogP contribution in [0.5, 0.6) is 5.75 Å². The maximum atomic E-state index is 5.90. The lowest BCUT2D eigenvalue weighted by Gasteiger charge is -2.27. The van der Waals surface area contributed by atoms with Gasteiger partial charge in [-0.05, 0) is 37.8 Å². The van der Waals surface area contributed by atoms with Gasteiger partial charge in [0.25, 0.3) is 0 Å². The zero-order chi connectivity index (χ0) is 17.6. The minimum Gasteiger partial charge on any atom is -0.495 e. The van der Waals surface area contributed by atoms with Crippen molar-refractivity contribution >= 4 is 17.6 Å². The zero-order valence-electron chi connectivity index (χ0n) is 15.0. The van der Waals surface area contributed by atoms with Crippen molar-refractivity contribution in [3.05, 3.63) is 30.1 Å². The number of hydrogen-bond acceptors (Lipinski definition) is 6. The smallest absolute Gasteiger partial charge is 0.232 e. The number of anilines is 3. The number of aromatic nitrogens is 3. The van der Waals surface area contributed by atoms with Gasteiger partial charge in [-0.3, -0.25) is 0 Å². The van der Waals surface area contributed by atoms with Crippen LogP contribution in [-0.2, 0) is 6.54 Å². The van der Waals surface area contributed by atoms with Crippen LogP contribution in [0.25, 0.3) is 0 Å². The molecule has 0 radical (unpaired) electrons. The van der Waals surface area contributed by atoms with E-state index in [1.165, 1.54) is 37.0 Å². The molecule has 1 aliphatic carbocycles. The van der Waals surface area contributed by atoms with Crippen molar-refractivity contribution in [2.75, 3.05) is 25.2 Å². The van der Waals surface area contributed by atoms with E-state index in [1.807, 2.05) is 24.3 Å². The van der Waals surface area contributed by atoms with Crippen LogP contribution in [0.4, 0.5) is 17.6 Å². The van der Waals surface area contributed by atoms with Crippen molar-refractivity contribution < 1.29 is 9.64 Å². The number of rotatable bonds is 6. The van der Waals surface area contributed by atoms with E-state index in [4.69, 9.17) is 10.5 Å². The first-order chi connectivity index (χ1) is 12.2. The highest BCUT2D eigenvalue weighted by molar-refractivity contribution is 5.62. The predicted octanol–water partition coefficient (Wildman–Crippen LogP) is 1.55. The Morgan fingerprint density at radius 3 is 2.68 bits per heavy atom. The van der Waals surface area contributed by atoms with Crippen LogP contribution < -0.4 is 20.7 Å². The number of para-hydroxylation sites is 2. The maximum Gasteiger partial charge on any atom is 0.232 e. The van der Waals surface area contributed by atoms with Gasteiger partial charge in [-0.2, -0.15) is 15.0 Å². The second-order valence-electron chi connectivity index (χ2n) is 6.62. The Morgan fingerprint density at radius 2 is 1.92 bits per heavy atom. The van der Waals surface area contributed by atoms with Crippen molar-refractivity contribution in [2.24, 2.45) is 0 Å². The summed E-state index contributed by atoms with van der Waals surface area (Å²) in [4.78, 5) is 14.5. The molecular formula is C18H27N6O+. The molecule has 0 saturated heterocycles. The summed E-state index contributed by atoms with van der Waals surface area (Å²) in [6, 6.07) is 8.32. The third kappa shape index (κ3) is 4.57. The summed E-state index contributed by atoms with van der Waals surface area (Å²) in [5.41, 5.74) is 6.70. The Labute approximate surface area is 148 Å². The molecule has 0 amide bonds. The molecule has 1 heterocycles. The monoisotopic (exact) mass is 343 g/mol. The molecule has 1 atom stereocenters. The van der Waals surface area contributed by atoms with E-state index < -0.39 is 0 Å². The number of hydrogen-bond donors (Lipinski definition) is 3. The topological polar surface area (TPSA) is 90.4 Å². The van der Waals surface area contributed by atoms with Gasteiger partial charge in [0.1, 0.15) is 12.3 Å². The summed E-state index contributed by atoms with van der Waals surface area (Å²) in [6.45, 7) is 0.748. The second kappa shape index (κ2) is 8.11. The molecule has 1 aromatic carbocycles. The summed E-state index contributed by atoms with van der Waals surface area (Å²) >= 11 is 0. The average Bonchev–Trinajstić information content (AvgIpc) is 2.62. The molecule has 0 bridgehead atoms. The second-order valence-corrected chi connectivity index (χ2v) is 6.62. The van der Waals surface area contributed by atoms with Gasteiger partial charge in [-0.25, -0.2) is 0 Å². The van der Waals surface area contributed by atoms with Crippen LogP contribution in [-0.4, -0.2) is 35.2 Å². The van der Waals surface area contributed by atoms with Gasteiger partial charge in [-0.1, -0.05) is 18.6 Å². The lowest BCUT2D eigenvalue weighted by molar-refractivity contribution is -0.921. The number of methoxy groups -OCH3 is 1. The van der Waals surface area contributed by atoms with Crippen molar-refractivity contribution in [1.82, 2.24) is 15.0 Å². The minimum atomic E-state index is 0.235. The molecule has 7 heteroatoms. The molecule has 2 aromatic rings. The Balaban J connectivity index is 1.73. The van der Waals surface area contributed by atoms with Crippen LogP contribution in [0.2, 0.25) is 0 Å². The van der Waals surface area contributed by atoms with Gasteiger partial charge in [0, 0.05) is 0 Å². The highest BCUT2D eigenvalue weighted by Gasteiger charge is 2.22. The standard InChI is InChI=1S/C18H26N6O/c1-24(13-8-4-3-5-9-13)12-16-21-17(19)23-18(22-16)20-14-10-6-7-11-15(14)25-2/h6-7,10-11,13H,3-5,8-9,12H2,1-2H3,(H3,19,20,21,22,23)/p+1. The van der Waals surface area contributed by atoms with E-state index in [9.17, 15) is 0 Å². The van der Waals surface area contributed by atoms with Crippen LogP contribution in [0.1, 0.15) is 37.9 Å². The fraction of sp³-hybridized carbons (Fsp3) is 0.500. The molecule has 1 saturated carbocycles. The maximum absolute atomic E-state index is 5.90. The Bertz CT molecular complexity index is 702. The van der Waals surface area contributed by atoms with E-state index >= 15 is 0 Å². The first-order valence-electron chi connectivity index (χ1n) is 8.88. The molecular weight excluding hydrogens is 316 g/mol. The number of nitrogens with zero attached hydrogens (tertiary/aromatic N) is 3. The van der Waals surface area contributed by atoms with E-state index in [0.717, 1.165) is 18.0 Å². The van der Waals surface area contributed by atoms with Crippen LogP contribution >= 0.6 is 0 Å². The largest absolute Gasteiger partial charge is 0.495 e. The normalized spacial score (nSPS) is 16.4. The highest BCUT2D eigenvalue weighted by atomic mass is 16.5. The van der Waals surface area contributed by atoms with Gasteiger partial charge < -0.3 is 20.7 Å². The third-order valence-corrected chi connectivity index (χ3v) is 4.79. The van der Waals surface area contributed by atoms with Gasteiger partial charge in [0.05, 0.1) is 25.9 Å². The predicted molar refractivity (Wildman–Crippen MR) is 98.0 cm³/mol. The number of nitrogen functional groups attached to an aromatic ring is 1. The third-order valence-electron chi connectivity index (χ3n) is 4.79. The van der Waals surface area contributed by atoms with Gasteiger partial charge >= 0.3 is 0 Å². The summed E-state index contributed by atoms with van der Waals surface area (Å²) in [7, 11) is 3.85. The quantitative estimate of drug-likeness (QED) is 0.737. The van der Waals surface area contributed by atoms with Crippen molar-refractivity contribution in [3.8, 4) is 5.75 Å². The molecule has 134 valence electrons. The van der Waals surface area contributed by atoms with Crippen molar-refractivity contribution in [1.29, 1.82) is 0 Å². The summed E-state index contributed by atoms with van der Waals surface area (Å²) in [5, 5.41) is 3.18. The van der Waals surface area contributed by atoms with E-state index in [1.54, 1.807) is 7.11 Å². The van der Waals surface area contributed by atoms with E-state index in [-0.39, 0.29) is 5.95 Å². The first-order valence-corrected chi connectivity index (χ1v) is 8.88. The molecule has 7 nitrogen and oxygen atoms in total. The number of nitrogens with one attached hydrogen (secondary N) is 2. The molecule has 3 rings (SSSR count). The Morgan fingerprint density at radius 1 is 1.16 bits per heavy atom. The first kappa shape index (κ1) is 17.4. The van der Waals surface area contributed by atoms with E-state index in [0.29, 0.717) is 17.8 Å². The van der Waals surface area contributed by atoms with Crippen molar-refractivity contribution in [2.45, 2.75) is 44.7 Å². The lowest BCUT2D eigenvalue weighted by atomic mass is 9.94. The number of benzene rings is 1. The Hall–Kier alpha value is -2.41. The molecule has 25 heavy (non-hydrogen) atoms. The summed E-state index contributed by atoms with van der Waals surface area (Å²) in [5.74, 6) is 2.13. The van der Waals surface area contributed by atoms with Gasteiger partial charge in [0.2, 0.25) is 11.9 Å². The summed E-state index contributed by atoms with van der Waals surface area (Å²) in [6.07, 6.45) is 6.55. The minimum absolute atomic E-state index is 0.235. The fourth-order valence-corrected chi connectivity index (χ4v) is 3.43. The molecule has 1 fully saturated rings. The highest BCUT2D eigenvalue weighted by Crippen LogP contribution is 2.25. The molecule has 1 unspecified atom stereocenters. The lowest BCUT2D eigenvalue weighted by Crippen LogP contribution is -3.11. The van der Waals surface area contributed by atoms with Crippen molar-refractivity contribution in [3.63, 3.8) is 0 Å². The Kier molecular flexibility index (Phi) is 5.65. The fourth-order valence-electron chi connectivity index (χ4n) is 3.43. The zero-order valence-corrected chi connectivity index (χ0v) is 15.0. The van der Waals surface area contributed by atoms with Crippen LogP contribution in [0.3, 0.4) is 0 Å². The van der Waals surface area contributed by atoms with E-state index in [2.05, 4.69) is 27.3 Å². The van der Waals surface area contributed by atoms with Crippen LogP contribution in [0, 0.1) is 0 Å². The average molecular weight is 343 g/mol.